The monoisotopic (exact) mass is 396 g/mol. The average molecular weight is 396 g/mol. The van der Waals surface area contributed by atoms with E-state index in [1.54, 1.807) is 16.8 Å². The zero-order chi connectivity index (χ0) is 20.4. The maximum atomic E-state index is 12.8. The second kappa shape index (κ2) is 8.35. The molecule has 2 aliphatic heterocycles. The number of hydrogen-bond acceptors (Lipinski definition) is 4. The molecule has 2 amide bonds. The lowest BCUT2D eigenvalue weighted by Crippen LogP contribution is -2.47. The molecule has 1 aromatic heterocycles. The lowest BCUT2D eigenvalue weighted by atomic mass is 9.92. The van der Waals surface area contributed by atoms with Crippen LogP contribution in [-0.4, -0.2) is 57.6 Å². The van der Waals surface area contributed by atoms with Gasteiger partial charge in [0, 0.05) is 37.5 Å². The number of carbonyl (C=O) groups is 2. The first-order valence-corrected chi connectivity index (χ1v) is 10.5. The van der Waals surface area contributed by atoms with E-state index in [4.69, 9.17) is 0 Å². The highest BCUT2D eigenvalue weighted by atomic mass is 16.2. The van der Waals surface area contributed by atoms with Gasteiger partial charge in [0.25, 0.3) is 0 Å². The van der Waals surface area contributed by atoms with Gasteiger partial charge in [0.1, 0.15) is 6.54 Å². The molecule has 7 heteroatoms. The average Bonchev–Trinajstić information content (AvgIpc) is 2.75. The van der Waals surface area contributed by atoms with E-state index in [1.165, 1.54) is 12.6 Å². The molecule has 0 bridgehead atoms. The number of carbonyl (C=O) groups excluding carboxylic acids is 2. The van der Waals surface area contributed by atoms with Crippen molar-refractivity contribution in [3.05, 3.63) is 40.7 Å². The van der Waals surface area contributed by atoms with E-state index in [1.807, 2.05) is 21.9 Å². The van der Waals surface area contributed by atoms with Crippen molar-refractivity contribution in [1.82, 2.24) is 19.6 Å². The first kappa shape index (κ1) is 19.6. The van der Waals surface area contributed by atoms with Crippen molar-refractivity contribution in [3.63, 3.8) is 0 Å². The topological polar surface area (TPSA) is 75.5 Å². The second-order valence-electron chi connectivity index (χ2n) is 8.37. The standard InChI is InChI=1S/C22H28N4O3/c1-16-5-4-10-25(14-16)22(29)17-8-11-24(12-9-17)21(28)15-26-19-7-3-2-6-18(19)20(27)13-23-26/h2-3,6-7,13,16-17H,4-5,8-12,14-15H2,1H3. The summed E-state index contributed by atoms with van der Waals surface area (Å²) in [5, 5.41) is 4.71. The van der Waals surface area contributed by atoms with E-state index < -0.39 is 0 Å². The number of aromatic nitrogens is 2. The van der Waals surface area contributed by atoms with Gasteiger partial charge in [-0.15, -0.1) is 0 Å². The molecular weight excluding hydrogens is 368 g/mol. The molecule has 3 heterocycles. The van der Waals surface area contributed by atoms with Gasteiger partial charge in [-0.05, 0) is 43.7 Å². The van der Waals surface area contributed by atoms with E-state index in [2.05, 4.69) is 12.0 Å². The van der Waals surface area contributed by atoms with E-state index >= 15 is 0 Å². The van der Waals surface area contributed by atoms with E-state index in [0.29, 0.717) is 42.8 Å². The third kappa shape index (κ3) is 4.18. The maximum absolute atomic E-state index is 12.8. The number of para-hydroxylation sites is 1. The van der Waals surface area contributed by atoms with E-state index in [9.17, 15) is 14.4 Å². The van der Waals surface area contributed by atoms with Crippen molar-refractivity contribution in [3.8, 4) is 0 Å². The van der Waals surface area contributed by atoms with Gasteiger partial charge in [-0.2, -0.15) is 5.10 Å². The lowest BCUT2D eigenvalue weighted by molar-refractivity contribution is -0.142. The Balaban J connectivity index is 1.37. The third-order valence-electron chi connectivity index (χ3n) is 6.21. The predicted octanol–water partition coefficient (Wildman–Crippen LogP) is 1.89. The second-order valence-corrected chi connectivity index (χ2v) is 8.37. The number of rotatable bonds is 3. The van der Waals surface area contributed by atoms with Crippen LogP contribution in [0.25, 0.3) is 10.9 Å². The molecule has 0 spiro atoms. The minimum absolute atomic E-state index is 0.0238. The Morgan fingerprint density at radius 3 is 2.59 bits per heavy atom. The number of benzene rings is 1. The van der Waals surface area contributed by atoms with Gasteiger partial charge in [-0.25, -0.2) is 0 Å². The molecule has 4 rings (SSSR count). The van der Waals surface area contributed by atoms with Crippen LogP contribution in [0, 0.1) is 11.8 Å². The van der Waals surface area contributed by atoms with Crippen LogP contribution in [0.15, 0.2) is 35.3 Å². The molecule has 2 saturated heterocycles. The molecule has 2 aromatic rings. The summed E-state index contributed by atoms with van der Waals surface area (Å²) in [5.41, 5.74) is 0.522. The number of nitrogens with zero attached hydrogens (tertiary/aromatic N) is 4. The van der Waals surface area contributed by atoms with Crippen LogP contribution in [0.3, 0.4) is 0 Å². The first-order chi connectivity index (χ1) is 14.0. The Kier molecular flexibility index (Phi) is 5.65. The van der Waals surface area contributed by atoms with Crippen LogP contribution < -0.4 is 5.43 Å². The highest BCUT2D eigenvalue weighted by molar-refractivity contribution is 5.82. The van der Waals surface area contributed by atoms with Gasteiger partial charge in [0.15, 0.2) is 0 Å². The summed E-state index contributed by atoms with van der Waals surface area (Å²) < 4.78 is 1.59. The molecule has 2 aliphatic rings. The van der Waals surface area contributed by atoms with E-state index in [-0.39, 0.29) is 29.7 Å². The Hall–Kier alpha value is -2.70. The van der Waals surface area contributed by atoms with Crippen LogP contribution >= 0.6 is 0 Å². The quantitative estimate of drug-likeness (QED) is 0.794. The van der Waals surface area contributed by atoms with Crippen molar-refractivity contribution in [2.75, 3.05) is 26.2 Å². The molecule has 0 aliphatic carbocycles. The van der Waals surface area contributed by atoms with Crippen LogP contribution in [0.5, 0.6) is 0 Å². The third-order valence-corrected chi connectivity index (χ3v) is 6.21. The Bertz CT molecular complexity index is 962. The maximum Gasteiger partial charge on any atom is 0.244 e. The molecule has 0 radical (unpaired) electrons. The summed E-state index contributed by atoms with van der Waals surface area (Å²) in [7, 11) is 0. The molecule has 7 nitrogen and oxygen atoms in total. The predicted molar refractivity (Wildman–Crippen MR) is 110 cm³/mol. The van der Waals surface area contributed by atoms with Crippen molar-refractivity contribution in [2.45, 2.75) is 39.2 Å². The molecule has 2 fully saturated rings. The largest absolute Gasteiger partial charge is 0.342 e. The van der Waals surface area contributed by atoms with Gasteiger partial charge in [-0.1, -0.05) is 19.1 Å². The van der Waals surface area contributed by atoms with Crippen molar-refractivity contribution in [2.24, 2.45) is 11.8 Å². The summed E-state index contributed by atoms with van der Waals surface area (Å²) in [4.78, 5) is 41.4. The van der Waals surface area contributed by atoms with Crippen molar-refractivity contribution in [1.29, 1.82) is 0 Å². The molecule has 1 atom stereocenters. The number of fused-ring (bicyclic) bond motifs is 1. The SMILES string of the molecule is CC1CCCN(C(=O)C2CCN(C(=O)Cn3ncc(=O)c4ccccc43)CC2)C1. The first-order valence-electron chi connectivity index (χ1n) is 10.5. The zero-order valence-electron chi connectivity index (χ0n) is 16.9. The fourth-order valence-electron chi connectivity index (χ4n) is 4.54. The van der Waals surface area contributed by atoms with Crippen molar-refractivity contribution < 1.29 is 9.59 Å². The summed E-state index contributed by atoms with van der Waals surface area (Å²) in [5.74, 6) is 0.838. The minimum Gasteiger partial charge on any atom is -0.342 e. The highest BCUT2D eigenvalue weighted by Gasteiger charge is 2.31. The van der Waals surface area contributed by atoms with Crippen LogP contribution in [0.1, 0.15) is 32.6 Å². The van der Waals surface area contributed by atoms with Gasteiger partial charge in [0.2, 0.25) is 17.2 Å². The van der Waals surface area contributed by atoms with Gasteiger partial charge in [0.05, 0.1) is 11.7 Å². The molecule has 0 N–H and O–H groups in total. The van der Waals surface area contributed by atoms with Crippen LogP contribution in [-0.2, 0) is 16.1 Å². The fraction of sp³-hybridized carbons (Fsp3) is 0.545. The Labute approximate surface area is 170 Å². The number of piperidine rings is 2. The Morgan fingerprint density at radius 2 is 1.83 bits per heavy atom. The minimum atomic E-state index is -0.143. The number of amides is 2. The molecule has 1 unspecified atom stereocenters. The molecular formula is C22H28N4O3. The number of hydrogen-bond donors (Lipinski definition) is 0. The fourth-order valence-corrected chi connectivity index (χ4v) is 4.54. The van der Waals surface area contributed by atoms with Crippen molar-refractivity contribution >= 4 is 22.7 Å². The van der Waals surface area contributed by atoms with Crippen LogP contribution in [0.2, 0.25) is 0 Å². The summed E-state index contributed by atoms with van der Waals surface area (Å²) >= 11 is 0. The number of likely N-dealkylation sites (tertiary alicyclic amines) is 2. The highest BCUT2D eigenvalue weighted by Crippen LogP contribution is 2.24. The van der Waals surface area contributed by atoms with Crippen LogP contribution in [0.4, 0.5) is 0 Å². The summed E-state index contributed by atoms with van der Waals surface area (Å²) in [6.45, 7) is 5.22. The summed E-state index contributed by atoms with van der Waals surface area (Å²) in [6, 6.07) is 7.20. The Morgan fingerprint density at radius 1 is 1.07 bits per heavy atom. The zero-order valence-corrected chi connectivity index (χ0v) is 16.9. The molecule has 0 saturated carbocycles. The lowest BCUT2D eigenvalue weighted by Gasteiger charge is -2.37. The molecule has 154 valence electrons. The molecule has 1 aromatic carbocycles. The molecule has 29 heavy (non-hydrogen) atoms. The normalized spacial score (nSPS) is 20.8. The van der Waals surface area contributed by atoms with Gasteiger partial charge < -0.3 is 9.80 Å². The van der Waals surface area contributed by atoms with Gasteiger partial charge in [-0.3, -0.25) is 19.1 Å². The van der Waals surface area contributed by atoms with Gasteiger partial charge >= 0.3 is 0 Å². The van der Waals surface area contributed by atoms with E-state index in [0.717, 1.165) is 19.5 Å². The smallest absolute Gasteiger partial charge is 0.244 e. The summed E-state index contributed by atoms with van der Waals surface area (Å²) in [6.07, 6.45) is 4.98.